The van der Waals surface area contributed by atoms with Crippen molar-refractivity contribution < 1.29 is 19.4 Å². The molecule has 190 valence electrons. The first-order valence-corrected chi connectivity index (χ1v) is 12.4. The van der Waals surface area contributed by atoms with Gasteiger partial charge in [0, 0.05) is 24.0 Å². The molecule has 1 N–H and O–H groups in total. The van der Waals surface area contributed by atoms with Gasteiger partial charge in [-0.1, -0.05) is 59.9 Å². The van der Waals surface area contributed by atoms with Crippen LogP contribution in [0.5, 0.6) is 5.75 Å². The molecule has 1 heterocycles. The predicted octanol–water partition coefficient (Wildman–Crippen LogP) is 7.41. The summed E-state index contributed by atoms with van der Waals surface area (Å²) in [6.45, 7) is 3.28. The second-order valence-corrected chi connectivity index (χ2v) is 8.62. The van der Waals surface area contributed by atoms with E-state index < -0.39 is 5.97 Å². The highest BCUT2D eigenvalue weighted by Gasteiger charge is 2.15. The van der Waals surface area contributed by atoms with Crippen molar-refractivity contribution in [3.63, 3.8) is 0 Å². The Labute approximate surface area is 229 Å². The molecular formula is C23H24Cl5N3O4. The lowest BCUT2D eigenvalue weighted by atomic mass is 10.2. The van der Waals surface area contributed by atoms with Crippen molar-refractivity contribution in [3.8, 4) is 5.75 Å². The molecule has 0 aliphatic carbocycles. The Kier molecular flexibility index (Phi) is 15.3. The number of carboxylic acid groups (broad SMARTS) is 1. The molecule has 0 spiro atoms. The van der Waals surface area contributed by atoms with Crippen molar-refractivity contribution in [1.82, 2.24) is 14.5 Å². The highest BCUT2D eigenvalue weighted by molar-refractivity contribution is 6.41. The quantitative estimate of drug-likeness (QED) is 0.293. The Morgan fingerprint density at radius 2 is 1.66 bits per heavy atom. The number of alkyl halides is 2. The largest absolute Gasteiger partial charge is 0.489 e. The minimum atomic E-state index is -0.879. The van der Waals surface area contributed by atoms with E-state index in [2.05, 4.69) is 4.98 Å². The van der Waals surface area contributed by atoms with E-state index in [1.807, 2.05) is 6.92 Å². The highest BCUT2D eigenvalue weighted by Crippen LogP contribution is 2.35. The van der Waals surface area contributed by atoms with Crippen LogP contribution in [0.3, 0.4) is 0 Å². The summed E-state index contributed by atoms with van der Waals surface area (Å²) in [5.74, 6) is -0.514. The molecule has 0 saturated heterocycles. The number of aromatic carboxylic acids is 1. The molecule has 0 unspecified atom stereocenters. The summed E-state index contributed by atoms with van der Waals surface area (Å²) in [6, 6.07) is 11.3. The van der Waals surface area contributed by atoms with Crippen molar-refractivity contribution in [3.05, 3.63) is 81.8 Å². The number of aromatic nitrogens is 2. The number of rotatable bonds is 7. The van der Waals surface area contributed by atoms with E-state index in [0.29, 0.717) is 39.5 Å². The zero-order valence-electron chi connectivity index (χ0n) is 18.7. The van der Waals surface area contributed by atoms with Crippen LogP contribution in [-0.4, -0.2) is 56.6 Å². The molecule has 0 aliphatic heterocycles. The molecule has 0 fully saturated rings. The normalized spacial score (nSPS) is 9.77. The monoisotopic (exact) mass is 581 g/mol. The van der Waals surface area contributed by atoms with Gasteiger partial charge in [0.1, 0.15) is 12.9 Å². The Morgan fingerprint density at radius 1 is 1.06 bits per heavy atom. The van der Waals surface area contributed by atoms with Gasteiger partial charge in [0.15, 0.2) is 5.75 Å². The fourth-order valence-electron chi connectivity index (χ4n) is 2.61. The van der Waals surface area contributed by atoms with Gasteiger partial charge in [0.2, 0.25) is 0 Å². The lowest BCUT2D eigenvalue weighted by molar-refractivity contribution is 0.0697. The molecule has 0 saturated carbocycles. The van der Waals surface area contributed by atoms with Crippen LogP contribution in [0, 0.1) is 0 Å². The van der Waals surface area contributed by atoms with Crippen LogP contribution in [0.15, 0.2) is 61.2 Å². The van der Waals surface area contributed by atoms with E-state index in [-0.39, 0.29) is 18.0 Å². The van der Waals surface area contributed by atoms with E-state index in [9.17, 15) is 9.59 Å². The smallest absolute Gasteiger partial charge is 0.335 e. The number of nitrogens with zero attached hydrogens (tertiary/aromatic N) is 3. The summed E-state index contributed by atoms with van der Waals surface area (Å²) in [4.78, 5) is 28.1. The summed E-state index contributed by atoms with van der Waals surface area (Å²) < 4.78 is 7.05. The molecule has 3 aromatic rings. The van der Waals surface area contributed by atoms with Gasteiger partial charge in [-0.2, -0.15) is 0 Å². The number of halogens is 5. The first-order chi connectivity index (χ1) is 16.7. The van der Waals surface area contributed by atoms with Crippen molar-refractivity contribution in [2.24, 2.45) is 0 Å². The Balaban J connectivity index is 0.000000422. The van der Waals surface area contributed by atoms with Gasteiger partial charge in [-0.15, -0.1) is 23.2 Å². The molecule has 7 nitrogen and oxygen atoms in total. The zero-order chi connectivity index (χ0) is 26.2. The zero-order valence-corrected chi connectivity index (χ0v) is 22.5. The van der Waals surface area contributed by atoms with Gasteiger partial charge in [-0.05, 0) is 30.7 Å². The third-order valence-electron chi connectivity index (χ3n) is 4.08. The topological polar surface area (TPSA) is 84.7 Å². The van der Waals surface area contributed by atoms with E-state index in [4.69, 9.17) is 67.8 Å². The Morgan fingerprint density at radius 3 is 2.11 bits per heavy atom. The number of amides is 1. The molecular weight excluding hydrogens is 560 g/mol. The summed E-state index contributed by atoms with van der Waals surface area (Å²) in [5, 5.41) is 9.70. The van der Waals surface area contributed by atoms with Crippen molar-refractivity contribution >= 4 is 70.0 Å². The van der Waals surface area contributed by atoms with Crippen LogP contribution in [0.1, 0.15) is 23.7 Å². The lowest BCUT2D eigenvalue weighted by Gasteiger charge is -2.22. The molecule has 1 amide bonds. The maximum absolute atomic E-state index is 12.3. The molecule has 0 atom stereocenters. The number of hydrogen-bond donors (Lipinski definition) is 1. The number of hydrogen-bond acceptors (Lipinski definition) is 4. The molecule has 12 heteroatoms. The number of carbonyl (C=O) groups excluding carboxylic acids is 1. The van der Waals surface area contributed by atoms with Crippen molar-refractivity contribution in [2.45, 2.75) is 13.3 Å². The first-order valence-electron chi connectivity index (χ1n) is 10.2. The fourth-order valence-corrected chi connectivity index (χ4v) is 3.54. The lowest BCUT2D eigenvalue weighted by Crippen LogP contribution is -2.37. The standard InChI is InChI=1S/C15H16Cl3N3O2.C7H6O2.CH2Cl2/c1-2-4-20(15(22)21-5-3-19-10-21)6-7-23-14-12(17)8-11(16)9-13(14)18;8-7(9)6-4-2-1-3-5-6;2-1-3/h3,5,8-10H,2,4,6-7H2,1H3;1-5H,(H,8,9);1H2. The molecule has 0 bridgehead atoms. The number of benzene rings is 2. The highest BCUT2D eigenvalue weighted by atomic mass is 35.5. The first kappa shape index (κ1) is 30.9. The van der Waals surface area contributed by atoms with E-state index >= 15 is 0 Å². The summed E-state index contributed by atoms with van der Waals surface area (Å²) in [7, 11) is 0. The van der Waals surface area contributed by atoms with Crippen LogP contribution in [0.2, 0.25) is 15.1 Å². The maximum atomic E-state index is 12.3. The average molecular weight is 584 g/mol. The van der Waals surface area contributed by atoms with Gasteiger partial charge < -0.3 is 14.7 Å². The number of carbonyl (C=O) groups is 2. The van der Waals surface area contributed by atoms with Gasteiger partial charge in [-0.3, -0.25) is 4.57 Å². The minimum absolute atomic E-state index is 0.152. The second kappa shape index (κ2) is 17.3. The van der Waals surface area contributed by atoms with Crippen LogP contribution in [-0.2, 0) is 0 Å². The molecule has 35 heavy (non-hydrogen) atoms. The summed E-state index contributed by atoms with van der Waals surface area (Å²) >= 11 is 27.5. The molecule has 3 rings (SSSR count). The summed E-state index contributed by atoms with van der Waals surface area (Å²) in [6.07, 6.45) is 5.48. The Hall–Kier alpha value is -2.16. The van der Waals surface area contributed by atoms with Crippen molar-refractivity contribution in [2.75, 3.05) is 25.0 Å². The molecule has 2 aromatic carbocycles. The fraction of sp³-hybridized carbons (Fsp3) is 0.261. The van der Waals surface area contributed by atoms with Gasteiger partial charge >= 0.3 is 12.0 Å². The van der Waals surface area contributed by atoms with Crippen LogP contribution in [0.25, 0.3) is 0 Å². The van der Waals surface area contributed by atoms with Crippen LogP contribution in [0.4, 0.5) is 4.79 Å². The third kappa shape index (κ3) is 11.4. The number of carboxylic acids is 1. The van der Waals surface area contributed by atoms with Gasteiger partial charge in [-0.25, -0.2) is 14.6 Å². The van der Waals surface area contributed by atoms with Crippen LogP contribution < -0.4 is 4.74 Å². The summed E-state index contributed by atoms with van der Waals surface area (Å²) in [5.41, 5.74) is 0.331. The third-order valence-corrected chi connectivity index (χ3v) is 4.86. The Bertz CT molecular complexity index is 1010. The van der Waals surface area contributed by atoms with Gasteiger partial charge in [0.05, 0.1) is 27.5 Å². The predicted molar refractivity (Wildman–Crippen MR) is 142 cm³/mol. The average Bonchev–Trinajstić information content (AvgIpc) is 3.36. The van der Waals surface area contributed by atoms with Gasteiger partial charge in [0.25, 0.3) is 0 Å². The SMILES string of the molecule is CCCN(CCOc1c(Cl)cc(Cl)cc1Cl)C(=O)n1ccnc1.ClCCl.O=C(O)c1ccccc1. The minimum Gasteiger partial charge on any atom is -0.489 e. The molecule has 1 aromatic heterocycles. The number of imidazole rings is 1. The van der Waals surface area contributed by atoms with E-state index in [0.717, 1.165) is 6.42 Å². The molecule has 0 aliphatic rings. The van der Waals surface area contributed by atoms with E-state index in [1.165, 1.54) is 10.9 Å². The van der Waals surface area contributed by atoms with Crippen LogP contribution >= 0.6 is 58.0 Å². The van der Waals surface area contributed by atoms with Crippen molar-refractivity contribution in [1.29, 1.82) is 0 Å². The van der Waals surface area contributed by atoms with E-state index in [1.54, 1.807) is 59.8 Å². The second-order valence-electron chi connectivity index (χ2n) is 6.56. The maximum Gasteiger partial charge on any atom is 0.335 e. The molecule has 0 radical (unpaired) electrons. The number of ether oxygens (including phenoxy) is 1.